The summed E-state index contributed by atoms with van der Waals surface area (Å²) in [7, 11) is 0. The third-order valence-electron chi connectivity index (χ3n) is 3.86. The van der Waals surface area contributed by atoms with Crippen molar-refractivity contribution in [1.82, 2.24) is 0 Å². The smallest absolute Gasteiger partial charge is 0.338 e. The van der Waals surface area contributed by atoms with E-state index >= 15 is 0 Å². The normalized spacial score (nSPS) is 10.4. The van der Waals surface area contributed by atoms with Crippen molar-refractivity contribution in [2.24, 2.45) is 0 Å². The van der Waals surface area contributed by atoms with Crippen LogP contribution in [0.15, 0.2) is 72.8 Å². The van der Waals surface area contributed by atoms with Crippen molar-refractivity contribution >= 4 is 11.7 Å². The predicted octanol–water partition coefficient (Wildman–Crippen LogP) is 4.78. The highest BCUT2D eigenvalue weighted by atomic mass is 16.5. The van der Waals surface area contributed by atoms with Crippen LogP contribution in [0.25, 0.3) is 22.3 Å². The Morgan fingerprint density at radius 2 is 1.33 bits per heavy atom. The molecule has 0 radical (unpaired) electrons. The standard InChI is InChI=1S/C21H19NO2/c1-2-24-21(23)17-13-18(15-9-5-3-6-10-15)20(22)19(14-17)16-11-7-4-8-12-16/h3-14H,2,22H2,1H3. The van der Waals surface area contributed by atoms with E-state index in [1.807, 2.05) is 60.7 Å². The Hall–Kier alpha value is -3.07. The second kappa shape index (κ2) is 7.01. The maximum absolute atomic E-state index is 12.3. The van der Waals surface area contributed by atoms with Crippen LogP contribution in [0.3, 0.4) is 0 Å². The average Bonchev–Trinajstić information content (AvgIpc) is 2.63. The molecule has 0 heterocycles. The highest BCUT2D eigenvalue weighted by Gasteiger charge is 2.16. The summed E-state index contributed by atoms with van der Waals surface area (Å²) in [5, 5.41) is 0. The van der Waals surface area contributed by atoms with Gasteiger partial charge in [-0.2, -0.15) is 0 Å². The lowest BCUT2D eigenvalue weighted by Gasteiger charge is -2.14. The largest absolute Gasteiger partial charge is 0.462 e. The summed E-state index contributed by atoms with van der Waals surface area (Å²) in [6.45, 7) is 2.13. The molecule has 0 unspecified atom stereocenters. The van der Waals surface area contributed by atoms with Gasteiger partial charge >= 0.3 is 5.97 Å². The molecule has 0 aliphatic carbocycles. The third-order valence-corrected chi connectivity index (χ3v) is 3.86. The first kappa shape index (κ1) is 15.8. The van der Waals surface area contributed by atoms with Gasteiger partial charge in [0.1, 0.15) is 0 Å². The Balaban J connectivity index is 2.22. The number of ether oxygens (including phenoxy) is 1. The number of anilines is 1. The number of hydrogen-bond acceptors (Lipinski definition) is 3. The molecule has 120 valence electrons. The SMILES string of the molecule is CCOC(=O)c1cc(-c2ccccc2)c(N)c(-c2ccccc2)c1. The number of esters is 1. The van der Waals surface area contributed by atoms with Crippen molar-refractivity contribution in [1.29, 1.82) is 0 Å². The molecule has 3 aromatic rings. The lowest BCUT2D eigenvalue weighted by molar-refractivity contribution is 0.0526. The highest BCUT2D eigenvalue weighted by molar-refractivity contribution is 5.98. The molecule has 3 heteroatoms. The summed E-state index contributed by atoms with van der Waals surface area (Å²) in [4.78, 5) is 12.3. The van der Waals surface area contributed by atoms with E-state index in [9.17, 15) is 4.79 Å². The number of nitrogens with two attached hydrogens (primary N) is 1. The quantitative estimate of drug-likeness (QED) is 0.556. The van der Waals surface area contributed by atoms with Crippen LogP contribution in [0.4, 0.5) is 5.69 Å². The van der Waals surface area contributed by atoms with E-state index in [0.717, 1.165) is 22.3 Å². The van der Waals surface area contributed by atoms with E-state index in [-0.39, 0.29) is 5.97 Å². The van der Waals surface area contributed by atoms with E-state index in [4.69, 9.17) is 10.5 Å². The summed E-state index contributed by atoms with van der Waals surface area (Å²) < 4.78 is 5.17. The lowest BCUT2D eigenvalue weighted by Crippen LogP contribution is -2.06. The Bertz CT molecular complexity index is 782. The summed E-state index contributed by atoms with van der Waals surface area (Å²) in [5.74, 6) is -0.341. The van der Waals surface area contributed by atoms with Crippen molar-refractivity contribution in [3.8, 4) is 22.3 Å². The van der Waals surface area contributed by atoms with Crippen LogP contribution in [0, 0.1) is 0 Å². The number of hydrogen-bond donors (Lipinski definition) is 1. The van der Waals surface area contributed by atoms with Gasteiger partial charge in [-0.05, 0) is 30.2 Å². The molecule has 0 bridgehead atoms. The van der Waals surface area contributed by atoms with Gasteiger partial charge in [0.05, 0.1) is 12.2 Å². The van der Waals surface area contributed by atoms with Gasteiger partial charge in [0, 0.05) is 16.8 Å². The van der Waals surface area contributed by atoms with Gasteiger partial charge < -0.3 is 10.5 Å². The van der Waals surface area contributed by atoms with Gasteiger partial charge in [0.15, 0.2) is 0 Å². The van der Waals surface area contributed by atoms with Crippen molar-refractivity contribution < 1.29 is 9.53 Å². The van der Waals surface area contributed by atoms with Gasteiger partial charge in [-0.3, -0.25) is 0 Å². The zero-order chi connectivity index (χ0) is 16.9. The minimum atomic E-state index is -0.341. The molecule has 3 rings (SSSR count). The summed E-state index contributed by atoms with van der Waals surface area (Å²) >= 11 is 0. The number of rotatable bonds is 4. The fraction of sp³-hybridized carbons (Fsp3) is 0.0952. The average molecular weight is 317 g/mol. The Morgan fingerprint density at radius 3 is 1.75 bits per heavy atom. The molecular weight excluding hydrogens is 298 g/mol. The second-order valence-corrected chi connectivity index (χ2v) is 5.44. The van der Waals surface area contributed by atoms with Crippen molar-refractivity contribution in [2.45, 2.75) is 6.92 Å². The highest BCUT2D eigenvalue weighted by Crippen LogP contribution is 2.36. The summed E-state index contributed by atoms with van der Waals surface area (Å²) in [6, 6.07) is 23.2. The summed E-state index contributed by atoms with van der Waals surface area (Å²) in [6.07, 6.45) is 0. The van der Waals surface area contributed by atoms with Crippen LogP contribution in [-0.4, -0.2) is 12.6 Å². The first-order chi connectivity index (χ1) is 11.7. The van der Waals surface area contributed by atoms with E-state index in [1.54, 1.807) is 19.1 Å². The first-order valence-corrected chi connectivity index (χ1v) is 7.92. The predicted molar refractivity (Wildman–Crippen MR) is 97.7 cm³/mol. The molecule has 0 saturated heterocycles. The van der Waals surface area contributed by atoms with Gasteiger partial charge in [-0.15, -0.1) is 0 Å². The maximum atomic E-state index is 12.3. The number of carbonyl (C=O) groups excluding carboxylic acids is 1. The van der Waals surface area contributed by atoms with Crippen molar-refractivity contribution in [3.05, 3.63) is 78.4 Å². The minimum absolute atomic E-state index is 0.338. The van der Waals surface area contributed by atoms with E-state index in [2.05, 4.69) is 0 Å². The van der Waals surface area contributed by atoms with Gasteiger partial charge in [-0.1, -0.05) is 60.7 Å². The van der Waals surface area contributed by atoms with Crippen LogP contribution in [0.5, 0.6) is 0 Å². The van der Waals surface area contributed by atoms with E-state index in [1.165, 1.54) is 0 Å². The number of carbonyl (C=O) groups is 1. The number of benzene rings is 3. The van der Waals surface area contributed by atoms with Crippen LogP contribution in [0.1, 0.15) is 17.3 Å². The van der Waals surface area contributed by atoms with Gasteiger partial charge in [0.25, 0.3) is 0 Å². The molecule has 0 aromatic heterocycles. The molecule has 0 saturated carbocycles. The van der Waals surface area contributed by atoms with E-state index < -0.39 is 0 Å². The monoisotopic (exact) mass is 317 g/mol. The molecule has 0 atom stereocenters. The second-order valence-electron chi connectivity index (χ2n) is 5.44. The summed E-state index contributed by atoms with van der Waals surface area (Å²) in [5.41, 5.74) is 11.2. The Labute approximate surface area is 141 Å². The zero-order valence-corrected chi connectivity index (χ0v) is 13.5. The van der Waals surface area contributed by atoms with Crippen LogP contribution in [0.2, 0.25) is 0 Å². The molecular formula is C21H19NO2. The van der Waals surface area contributed by atoms with Crippen molar-refractivity contribution in [2.75, 3.05) is 12.3 Å². The van der Waals surface area contributed by atoms with E-state index in [0.29, 0.717) is 17.9 Å². The van der Waals surface area contributed by atoms with Crippen LogP contribution < -0.4 is 5.73 Å². The van der Waals surface area contributed by atoms with Gasteiger partial charge in [0.2, 0.25) is 0 Å². The van der Waals surface area contributed by atoms with Crippen molar-refractivity contribution in [3.63, 3.8) is 0 Å². The fourth-order valence-corrected chi connectivity index (χ4v) is 2.70. The number of nitrogen functional groups attached to an aromatic ring is 1. The zero-order valence-electron chi connectivity index (χ0n) is 13.5. The molecule has 0 amide bonds. The molecule has 3 nitrogen and oxygen atoms in total. The van der Waals surface area contributed by atoms with Gasteiger partial charge in [-0.25, -0.2) is 4.79 Å². The molecule has 24 heavy (non-hydrogen) atoms. The molecule has 2 N–H and O–H groups in total. The maximum Gasteiger partial charge on any atom is 0.338 e. The minimum Gasteiger partial charge on any atom is -0.462 e. The topological polar surface area (TPSA) is 52.3 Å². The van der Waals surface area contributed by atoms with Crippen LogP contribution >= 0.6 is 0 Å². The Kier molecular flexibility index (Phi) is 4.62. The van der Waals surface area contributed by atoms with Crippen LogP contribution in [-0.2, 0) is 4.74 Å². The lowest BCUT2D eigenvalue weighted by atomic mass is 9.93. The molecule has 0 fully saturated rings. The third kappa shape index (κ3) is 3.15. The first-order valence-electron chi connectivity index (χ1n) is 7.92. The molecule has 0 spiro atoms. The molecule has 3 aromatic carbocycles. The fourth-order valence-electron chi connectivity index (χ4n) is 2.70. The molecule has 0 aliphatic heterocycles. The molecule has 0 aliphatic rings. The Morgan fingerprint density at radius 1 is 0.875 bits per heavy atom.